The van der Waals surface area contributed by atoms with Gasteiger partial charge < -0.3 is 25.5 Å². The van der Waals surface area contributed by atoms with Crippen LogP contribution in [0.15, 0.2) is 72.8 Å². The van der Waals surface area contributed by atoms with Crippen molar-refractivity contribution in [3.8, 4) is 0 Å². The summed E-state index contributed by atoms with van der Waals surface area (Å²) in [6, 6.07) is 21.4. The number of nitrogens with zero attached hydrogens (tertiary/aromatic N) is 2. The fourth-order valence-electron chi connectivity index (χ4n) is 3.87. The van der Waals surface area contributed by atoms with E-state index in [0.717, 1.165) is 16.9 Å². The number of hydrogen-bond acceptors (Lipinski definition) is 5. The Labute approximate surface area is 203 Å². The van der Waals surface area contributed by atoms with Crippen LogP contribution in [0.5, 0.6) is 0 Å². The number of carbonyl (C=O) groups is 3. The van der Waals surface area contributed by atoms with E-state index in [2.05, 4.69) is 10.6 Å². The monoisotopic (exact) mass is 470 g/mol. The third-order valence-corrected chi connectivity index (χ3v) is 5.67. The fraction of sp³-hybridized carbons (Fsp3) is 0.148. The van der Waals surface area contributed by atoms with Crippen LogP contribution in [0.3, 0.4) is 0 Å². The maximum absolute atomic E-state index is 13.0. The largest absolute Gasteiger partial charge is 0.478 e. The molecule has 2 amide bonds. The van der Waals surface area contributed by atoms with Crippen molar-refractivity contribution in [2.24, 2.45) is 0 Å². The molecule has 35 heavy (non-hydrogen) atoms. The smallest absolute Gasteiger partial charge is 0.335 e. The molecule has 0 radical (unpaired) electrons. The number of nitrogens with one attached hydrogen (secondary N) is 2. The van der Waals surface area contributed by atoms with Gasteiger partial charge >= 0.3 is 5.97 Å². The summed E-state index contributed by atoms with van der Waals surface area (Å²) in [5, 5.41) is 15.5. The molecule has 8 heteroatoms. The average molecular weight is 471 g/mol. The molecular formula is C27H26N4O4. The van der Waals surface area contributed by atoms with Gasteiger partial charge in [-0.3, -0.25) is 9.59 Å². The lowest BCUT2D eigenvalue weighted by molar-refractivity contribution is -0.119. The minimum Gasteiger partial charge on any atom is -0.478 e. The van der Waals surface area contributed by atoms with Crippen LogP contribution >= 0.6 is 0 Å². The first kappa shape index (κ1) is 23.7. The highest BCUT2D eigenvalue weighted by atomic mass is 16.4. The van der Waals surface area contributed by atoms with Crippen molar-refractivity contribution in [3.63, 3.8) is 0 Å². The van der Waals surface area contributed by atoms with Crippen LogP contribution in [0.2, 0.25) is 0 Å². The predicted molar refractivity (Wildman–Crippen MR) is 137 cm³/mol. The van der Waals surface area contributed by atoms with E-state index in [-0.39, 0.29) is 17.4 Å². The summed E-state index contributed by atoms with van der Waals surface area (Å²) in [6.45, 7) is 0.304. The van der Waals surface area contributed by atoms with E-state index in [1.54, 1.807) is 18.0 Å². The number of hydrogen-bond donors (Lipinski definition) is 3. The normalized spacial score (nSPS) is 13.8. The highest BCUT2D eigenvalue weighted by Crippen LogP contribution is 2.38. The van der Waals surface area contributed by atoms with E-state index in [9.17, 15) is 19.5 Å². The number of carboxylic acids is 1. The van der Waals surface area contributed by atoms with Crippen LogP contribution in [0.4, 0.5) is 17.1 Å². The lowest BCUT2D eigenvalue weighted by atomic mass is 9.99. The molecule has 0 unspecified atom stereocenters. The molecule has 3 aromatic rings. The molecule has 8 nitrogen and oxygen atoms in total. The second-order valence-electron chi connectivity index (χ2n) is 8.50. The van der Waals surface area contributed by atoms with E-state index in [0.29, 0.717) is 29.1 Å². The number of aromatic carboxylic acids is 1. The summed E-state index contributed by atoms with van der Waals surface area (Å²) in [5.74, 6) is -1.41. The van der Waals surface area contributed by atoms with Crippen LogP contribution in [0.1, 0.15) is 21.5 Å². The van der Waals surface area contributed by atoms with Crippen molar-refractivity contribution < 1.29 is 19.5 Å². The molecule has 0 bridgehead atoms. The molecule has 0 spiro atoms. The Kier molecular flexibility index (Phi) is 6.66. The Bertz CT molecular complexity index is 1310. The van der Waals surface area contributed by atoms with Gasteiger partial charge in [-0.05, 0) is 56.1 Å². The Hall–Kier alpha value is -4.43. The molecule has 3 aromatic carbocycles. The highest BCUT2D eigenvalue weighted by molar-refractivity contribution is 6.37. The number of likely N-dealkylation sites (N-methyl/N-ethyl adjacent to an activating group) is 2. The third-order valence-electron chi connectivity index (χ3n) is 5.67. The number of carboxylic acid groups (broad SMARTS) is 1. The van der Waals surface area contributed by atoms with Gasteiger partial charge in [-0.1, -0.05) is 36.4 Å². The van der Waals surface area contributed by atoms with Gasteiger partial charge in [0, 0.05) is 24.0 Å². The zero-order valence-corrected chi connectivity index (χ0v) is 19.7. The van der Waals surface area contributed by atoms with Gasteiger partial charge in [-0.25, -0.2) is 4.79 Å². The number of carbonyl (C=O) groups excluding carboxylic acids is 2. The van der Waals surface area contributed by atoms with Gasteiger partial charge in [-0.2, -0.15) is 0 Å². The van der Waals surface area contributed by atoms with Crippen LogP contribution in [-0.2, 0) is 9.59 Å². The van der Waals surface area contributed by atoms with E-state index in [1.165, 1.54) is 12.1 Å². The van der Waals surface area contributed by atoms with E-state index in [4.69, 9.17) is 0 Å². The molecule has 0 saturated carbocycles. The molecule has 1 aliphatic heterocycles. The lowest BCUT2D eigenvalue weighted by Crippen LogP contribution is -2.34. The molecule has 0 aliphatic carbocycles. The van der Waals surface area contributed by atoms with Crippen molar-refractivity contribution in [1.29, 1.82) is 0 Å². The molecule has 0 fully saturated rings. The second-order valence-corrected chi connectivity index (χ2v) is 8.50. The first-order valence-corrected chi connectivity index (χ1v) is 11.0. The number of benzene rings is 3. The summed E-state index contributed by atoms with van der Waals surface area (Å²) >= 11 is 0. The molecule has 0 saturated heterocycles. The second kappa shape index (κ2) is 9.82. The molecule has 178 valence electrons. The standard InChI is InChI=1S/C27H26N4O4/c1-30(2)16-23(32)31(3)20-12-10-19(11-13-20)28-25(17-7-5-4-6-8-17)24-21-14-9-18(27(34)35)15-22(21)29-26(24)33/h4-15,28H,16H2,1-3H3,(H,29,33)(H,34,35). The van der Waals surface area contributed by atoms with Gasteiger partial charge in [0.05, 0.1) is 29.1 Å². The molecule has 3 N–H and O–H groups in total. The van der Waals surface area contributed by atoms with Crippen molar-refractivity contribution in [2.75, 3.05) is 43.2 Å². The SMILES string of the molecule is CN(C)CC(=O)N(C)c1ccc(NC(=C2C(=O)Nc3cc(C(=O)O)ccc32)c2ccccc2)cc1. The number of anilines is 3. The van der Waals surface area contributed by atoms with Gasteiger partial charge in [-0.15, -0.1) is 0 Å². The molecular weight excluding hydrogens is 444 g/mol. The first-order valence-electron chi connectivity index (χ1n) is 11.0. The summed E-state index contributed by atoms with van der Waals surface area (Å²) in [4.78, 5) is 40.2. The van der Waals surface area contributed by atoms with E-state index in [1.807, 2.05) is 73.6 Å². The summed E-state index contributed by atoms with van der Waals surface area (Å²) < 4.78 is 0. The van der Waals surface area contributed by atoms with Gasteiger partial charge in [0.2, 0.25) is 5.91 Å². The molecule has 1 heterocycles. The van der Waals surface area contributed by atoms with Crippen molar-refractivity contribution in [1.82, 2.24) is 4.90 Å². The lowest BCUT2D eigenvalue weighted by Gasteiger charge is -2.20. The Morgan fingerprint density at radius 3 is 2.23 bits per heavy atom. The van der Waals surface area contributed by atoms with Crippen molar-refractivity contribution in [3.05, 3.63) is 89.5 Å². The van der Waals surface area contributed by atoms with Crippen LogP contribution in [0, 0.1) is 0 Å². The number of amides is 2. The molecule has 1 aliphatic rings. The van der Waals surface area contributed by atoms with Crippen molar-refractivity contribution >= 4 is 46.1 Å². The summed E-state index contributed by atoms with van der Waals surface area (Å²) in [7, 11) is 5.42. The Morgan fingerprint density at radius 2 is 1.60 bits per heavy atom. The molecule has 4 rings (SSSR count). The van der Waals surface area contributed by atoms with Crippen LogP contribution in [-0.4, -0.2) is 55.5 Å². The zero-order valence-electron chi connectivity index (χ0n) is 19.7. The summed E-state index contributed by atoms with van der Waals surface area (Å²) in [6.07, 6.45) is 0. The van der Waals surface area contributed by atoms with Gasteiger partial charge in [0.1, 0.15) is 0 Å². The zero-order chi connectivity index (χ0) is 25.1. The fourth-order valence-corrected chi connectivity index (χ4v) is 3.87. The quantitative estimate of drug-likeness (QED) is 0.454. The number of fused-ring (bicyclic) bond motifs is 1. The van der Waals surface area contributed by atoms with Gasteiger partial charge in [0.25, 0.3) is 5.91 Å². The van der Waals surface area contributed by atoms with Crippen LogP contribution < -0.4 is 15.5 Å². The first-order chi connectivity index (χ1) is 16.7. The van der Waals surface area contributed by atoms with E-state index < -0.39 is 5.97 Å². The molecule has 0 atom stereocenters. The number of rotatable bonds is 7. The summed E-state index contributed by atoms with van der Waals surface area (Å²) in [5.41, 5.74) is 4.48. The Balaban J connectivity index is 1.71. The Morgan fingerprint density at radius 1 is 0.914 bits per heavy atom. The molecule has 0 aromatic heterocycles. The van der Waals surface area contributed by atoms with Crippen LogP contribution in [0.25, 0.3) is 11.3 Å². The van der Waals surface area contributed by atoms with E-state index >= 15 is 0 Å². The average Bonchev–Trinajstić information content (AvgIpc) is 3.17. The maximum atomic E-state index is 13.0. The minimum absolute atomic E-state index is 0.0252. The maximum Gasteiger partial charge on any atom is 0.335 e. The van der Waals surface area contributed by atoms with Gasteiger partial charge in [0.15, 0.2) is 0 Å². The topological polar surface area (TPSA) is 102 Å². The predicted octanol–water partition coefficient (Wildman–Crippen LogP) is 3.84. The minimum atomic E-state index is -1.06. The van der Waals surface area contributed by atoms with Crippen molar-refractivity contribution in [2.45, 2.75) is 0 Å². The highest BCUT2D eigenvalue weighted by Gasteiger charge is 2.29. The third kappa shape index (κ3) is 5.07.